The van der Waals surface area contributed by atoms with E-state index in [0.29, 0.717) is 48.4 Å². The summed E-state index contributed by atoms with van der Waals surface area (Å²) >= 11 is 0. The lowest BCUT2D eigenvalue weighted by molar-refractivity contribution is -0.148. The minimum absolute atomic E-state index is 0.0362. The molecule has 1 aliphatic heterocycles. The summed E-state index contributed by atoms with van der Waals surface area (Å²) in [6, 6.07) is 9.82. The van der Waals surface area contributed by atoms with Gasteiger partial charge in [0.2, 0.25) is 0 Å². The number of methoxy groups -OCH3 is 3. The van der Waals surface area contributed by atoms with Crippen molar-refractivity contribution in [2.45, 2.75) is 103 Å². The summed E-state index contributed by atoms with van der Waals surface area (Å²) in [5.74, 6) is 1.22. The van der Waals surface area contributed by atoms with E-state index in [1.54, 1.807) is 41.1 Å². The second-order valence-electron chi connectivity index (χ2n) is 18.4. The fourth-order valence-electron chi connectivity index (χ4n) is 10.6. The average molecular weight is 809 g/mol. The molecular weight excluding hydrogens is 748 g/mol. The molecule has 7 rings (SSSR count). The number of hydrogen-bond acceptors (Lipinski definition) is 12. The van der Waals surface area contributed by atoms with Crippen LogP contribution in [0.25, 0.3) is 0 Å². The molecule has 0 radical (unpaired) electrons. The Hall–Kier alpha value is -4.88. The summed E-state index contributed by atoms with van der Waals surface area (Å²) in [4.78, 5) is 52.1. The van der Waals surface area contributed by atoms with Crippen molar-refractivity contribution in [1.82, 2.24) is 10.6 Å². The molecule has 2 N–H and O–H groups in total. The number of carbonyl (C=O) groups is 4. The first-order valence-corrected chi connectivity index (χ1v) is 20.2. The van der Waals surface area contributed by atoms with Gasteiger partial charge in [0.1, 0.15) is 25.4 Å². The van der Waals surface area contributed by atoms with E-state index >= 15 is 0 Å². The van der Waals surface area contributed by atoms with Gasteiger partial charge in [-0.1, -0.05) is 26.0 Å². The van der Waals surface area contributed by atoms with Gasteiger partial charge in [0.25, 0.3) is 0 Å². The van der Waals surface area contributed by atoms with Gasteiger partial charge in [-0.2, -0.15) is 0 Å². The predicted molar refractivity (Wildman–Crippen MR) is 212 cm³/mol. The summed E-state index contributed by atoms with van der Waals surface area (Å²) in [6.07, 6.45) is 5.82. The van der Waals surface area contributed by atoms with Crippen LogP contribution in [0.2, 0.25) is 0 Å². The monoisotopic (exact) mass is 808 g/mol. The lowest BCUT2D eigenvalue weighted by Crippen LogP contribution is -2.65. The van der Waals surface area contributed by atoms with Crippen molar-refractivity contribution in [3.8, 4) is 23.0 Å². The molecule has 1 heterocycles. The molecule has 5 fully saturated rings. The maximum absolute atomic E-state index is 13.3. The molecule has 5 aliphatic rings. The number of nitrogens with one attached hydrogen (secondary N) is 2. The highest BCUT2D eigenvalue weighted by atomic mass is 16.6. The zero-order valence-electron chi connectivity index (χ0n) is 35.2. The number of rotatable bonds is 16. The Kier molecular flexibility index (Phi) is 12.6. The van der Waals surface area contributed by atoms with E-state index < -0.39 is 36.4 Å². The molecule has 14 heteroatoms. The molecular formula is C44H60N2O12. The van der Waals surface area contributed by atoms with Gasteiger partial charge in [0, 0.05) is 11.5 Å². The number of benzene rings is 2. The highest BCUT2D eigenvalue weighted by Gasteiger charge is 2.60. The van der Waals surface area contributed by atoms with Gasteiger partial charge in [-0.15, -0.1) is 0 Å². The number of carbonyl (C=O) groups excluding carboxylic acids is 4. The van der Waals surface area contributed by atoms with Crippen LogP contribution in [0, 0.1) is 28.6 Å². The third-order valence-corrected chi connectivity index (χ3v) is 11.9. The molecule has 4 aliphatic carbocycles. The van der Waals surface area contributed by atoms with Crippen molar-refractivity contribution in [3.63, 3.8) is 0 Å². The van der Waals surface area contributed by atoms with Crippen LogP contribution in [-0.2, 0) is 41.4 Å². The Labute approximate surface area is 341 Å². The first-order valence-electron chi connectivity index (χ1n) is 20.2. The standard InChI is InChI=1S/C44H60N2O12/c1-41(2,3)58-39(49)45-32(23-57-40(50)46-44-21-29-19-42(4,25-44)24-43(5,20-29)26-44)38(48)55-14-13-54-34-12-10-28(18-36(34)53-8)16-31-30(22-56-37(31)47)15-27-9-11-33(51-6)35(17-27)52-7/h9-12,17-18,29-32H,13-16,19-26H2,1-8H3,(H,45,49)(H,46,50)/t29?,30-,31+,32-,42?,43?,44?/m0/s1. The van der Waals surface area contributed by atoms with Crippen LogP contribution in [0.3, 0.4) is 0 Å². The minimum atomic E-state index is -1.32. The number of alkyl carbamates (subject to hydrolysis) is 2. The lowest BCUT2D eigenvalue weighted by atomic mass is 9.43. The Morgan fingerprint density at radius 1 is 0.793 bits per heavy atom. The van der Waals surface area contributed by atoms with Crippen LogP contribution in [0.1, 0.15) is 84.3 Å². The van der Waals surface area contributed by atoms with Gasteiger partial charge in [-0.3, -0.25) is 4.79 Å². The van der Waals surface area contributed by atoms with Crippen LogP contribution in [0.4, 0.5) is 9.59 Å². The van der Waals surface area contributed by atoms with Gasteiger partial charge in [0.15, 0.2) is 29.0 Å². The molecule has 4 saturated carbocycles. The van der Waals surface area contributed by atoms with Gasteiger partial charge >= 0.3 is 24.1 Å². The number of cyclic esters (lactones) is 1. The summed E-state index contributed by atoms with van der Waals surface area (Å²) in [5.41, 5.74) is 1.08. The summed E-state index contributed by atoms with van der Waals surface area (Å²) in [7, 11) is 4.69. The second kappa shape index (κ2) is 17.1. The Bertz CT molecular complexity index is 1820. The zero-order chi connectivity index (χ0) is 41.9. The Balaban J connectivity index is 1.02. The van der Waals surface area contributed by atoms with E-state index in [1.807, 2.05) is 30.3 Å². The molecule has 2 amide bonds. The molecule has 0 aromatic heterocycles. The van der Waals surface area contributed by atoms with E-state index in [0.717, 1.165) is 36.8 Å². The molecule has 5 atom stereocenters. The lowest BCUT2D eigenvalue weighted by Gasteiger charge is -2.65. The number of amides is 2. The van der Waals surface area contributed by atoms with E-state index in [2.05, 4.69) is 24.5 Å². The topological polar surface area (TPSA) is 166 Å². The summed E-state index contributed by atoms with van der Waals surface area (Å²) in [6.45, 7) is 9.42. The molecule has 318 valence electrons. The van der Waals surface area contributed by atoms with Crippen LogP contribution in [-0.4, -0.2) is 89.1 Å². The smallest absolute Gasteiger partial charge is 0.408 e. The fourth-order valence-corrected chi connectivity index (χ4v) is 10.6. The SMILES string of the molecule is COc1ccc(C[C@H]2COC(=O)[C@@H]2Cc2ccc(OCCOC(=O)[C@H](COC(=O)NC34CC5CC(C)(CC(C)(C5)C3)C4)NC(=O)OC(C)(C)C)c(OC)c2)cc1OC. The van der Waals surface area contributed by atoms with Crippen molar-refractivity contribution >= 4 is 24.1 Å². The fraction of sp³-hybridized carbons (Fsp3) is 0.636. The molecule has 0 spiro atoms. The van der Waals surface area contributed by atoms with Crippen molar-refractivity contribution in [2.75, 3.05) is 47.8 Å². The number of esters is 2. The van der Waals surface area contributed by atoms with Crippen LogP contribution < -0.4 is 29.6 Å². The Morgan fingerprint density at radius 3 is 2.03 bits per heavy atom. The van der Waals surface area contributed by atoms with Gasteiger partial charge in [-0.25, -0.2) is 14.4 Å². The summed E-state index contributed by atoms with van der Waals surface area (Å²) in [5, 5.41) is 5.66. The molecule has 1 saturated heterocycles. The maximum Gasteiger partial charge on any atom is 0.408 e. The Morgan fingerprint density at radius 2 is 1.41 bits per heavy atom. The first-order chi connectivity index (χ1) is 27.4. The predicted octanol–water partition coefficient (Wildman–Crippen LogP) is 6.58. The quantitative estimate of drug-likeness (QED) is 0.107. The van der Waals surface area contributed by atoms with Crippen molar-refractivity contribution in [2.24, 2.45) is 28.6 Å². The number of ether oxygens (including phenoxy) is 8. The van der Waals surface area contributed by atoms with Gasteiger partial charge in [-0.05, 0) is 124 Å². The number of hydrogen-bond donors (Lipinski definition) is 2. The van der Waals surface area contributed by atoms with Crippen LogP contribution in [0.15, 0.2) is 36.4 Å². The molecule has 2 aromatic rings. The normalized spacial score (nSPS) is 27.5. The van der Waals surface area contributed by atoms with Crippen LogP contribution in [0.5, 0.6) is 23.0 Å². The van der Waals surface area contributed by atoms with Crippen LogP contribution >= 0.6 is 0 Å². The highest BCUT2D eigenvalue weighted by Crippen LogP contribution is 2.66. The van der Waals surface area contributed by atoms with Crippen molar-refractivity contribution in [1.29, 1.82) is 0 Å². The third kappa shape index (κ3) is 10.4. The molecule has 14 nitrogen and oxygen atoms in total. The average Bonchev–Trinajstić information content (AvgIpc) is 3.46. The maximum atomic E-state index is 13.3. The molecule has 58 heavy (non-hydrogen) atoms. The van der Waals surface area contributed by atoms with E-state index in [1.165, 1.54) is 20.0 Å². The summed E-state index contributed by atoms with van der Waals surface area (Å²) < 4.78 is 44.2. The molecule has 4 bridgehead atoms. The third-order valence-electron chi connectivity index (χ3n) is 11.9. The first kappa shape index (κ1) is 42.7. The van der Waals surface area contributed by atoms with Crippen molar-refractivity contribution in [3.05, 3.63) is 47.5 Å². The van der Waals surface area contributed by atoms with E-state index in [4.69, 9.17) is 37.9 Å². The highest BCUT2D eigenvalue weighted by molar-refractivity contribution is 5.82. The minimum Gasteiger partial charge on any atom is -0.493 e. The zero-order valence-corrected chi connectivity index (χ0v) is 35.2. The van der Waals surface area contributed by atoms with Crippen molar-refractivity contribution < 1.29 is 57.1 Å². The van der Waals surface area contributed by atoms with E-state index in [9.17, 15) is 19.2 Å². The van der Waals surface area contributed by atoms with E-state index in [-0.39, 0.29) is 47.4 Å². The largest absolute Gasteiger partial charge is 0.493 e. The second-order valence-corrected chi connectivity index (χ2v) is 18.4. The van der Waals surface area contributed by atoms with Gasteiger partial charge in [0.05, 0.1) is 33.9 Å². The van der Waals surface area contributed by atoms with Gasteiger partial charge < -0.3 is 48.5 Å². The molecule has 2 aromatic carbocycles. The molecule has 2 unspecified atom stereocenters.